The summed E-state index contributed by atoms with van der Waals surface area (Å²) in [7, 11) is -4.71. The van der Waals surface area contributed by atoms with E-state index in [1.165, 1.54) is 0 Å². The Morgan fingerprint density at radius 1 is 1.31 bits per heavy atom. The fourth-order valence-corrected chi connectivity index (χ4v) is 1.49. The van der Waals surface area contributed by atoms with Crippen LogP contribution in [0.3, 0.4) is 0 Å². The molecule has 1 rings (SSSR count). The first-order valence-electron chi connectivity index (χ1n) is 3.99. The first-order chi connectivity index (χ1) is 6.42. The second-order valence-electron chi connectivity index (χ2n) is 3.00. The predicted octanol–water partition coefficient (Wildman–Crippen LogP) is -9.72. The maximum Gasteiger partial charge on any atom is 1.00 e. The Balaban J connectivity index is 0. The molecular formula is C6H11Na2O7P. The van der Waals surface area contributed by atoms with Gasteiger partial charge in [-0.3, -0.25) is 0 Å². The number of hydrogen-bond acceptors (Lipinski definition) is 7. The molecule has 7 nitrogen and oxygen atoms in total. The molecule has 0 amide bonds. The minimum atomic E-state index is -4.71. The van der Waals surface area contributed by atoms with Gasteiger partial charge in [0.05, 0.1) is 12.7 Å². The second kappa shape index (κ2) is 9.12. The van der Waals surface area contributed by atoms with Crippen LogP contribution in [0.1, 0.15) is 6.42 Å². The third-order valence-electron chi connectivity index (χ3n) is 1.79. The van der Waals surface area contributed by atoms with Crippen molar-refractivity contribution in [3.63, 3.8) is 0 Å². The van der Waals surface area contributed by atoms with E-state index in [2.05, 4.69) is 4.74 Å². The Morgan fingerprint density at radius 2 is 1.88 bits per heavy atom. The molecule has 1 aliphatic rings. The van der Waals surface area contributed by atoms with Crippen molar-refractivity contribution in [1.29, 1.82) is 0 Å². The first kappa shape index (κ1) is 20.5. The van der Waals surface area contributed by atoms with Crippen LogP contribution in [-0.4, -0.2) is 41.7 Å². The van der Waals surface area contributed by atoms with Crippen LogP contribution in [0.15, 0.2) is 0 Å². The van der Waals surface area contributed by atoms with Gasteiger partial charge in [-0.2, -0.15) is 0 Å². The van der Waals surface area contributed by atoms with Crippen LogP contribution < -0.4 is 73.8 Å². The molecule has 0 radical (unpaired) electrons. The topological polar surface area (TPSA) is 128 Å². The summed E-state index contributed by atoms with van der Waals surface area (Å²) in [4.78, 5) is 30.6. The van der Waals surface area contributed by atoms with Gasteiger partial charge in [0.1, 0.15) is 12.5 Å². The number of aliphatic hydroxyl groups excluding tert-OH is 2. The average molecular weight is 272 g/mol. The van der Waals surface area contributed by atoms with Gasteiger partial charge in [0.2, 0.25) is 0 Å². The monoisotopic (exact) mass is 272 g/mol. The molecule has 0 aliphatic carbocycles. The summed E-state index contributed by atoms with van der Waals surface area (Å²) < 4.78 is 9.49. The first-order valence-corrected chi connectivity index (χ1v) is 5.72. The maximum atomic E-state index is 10.2. The Morgan fingerprint density at radius 3 is 2.25 bits per heavy atom. The Hall–Kier alpha value is 2.15. The van der Waals surface area contributed by atoms with Crippen molar-refractivity contribution < 1.29 is 93.5 Å². The van der Waals surface area contributed by atoms with Crippen LogP contribution in [0, 0.1) is 0 Å². The van der Waals surface area contributed by atoms with Gasteiger partial charge in [0.15, 0.2) is 6.29 Å². The summed E-state index contributed by atoms with van der Waals surface area (Å²) >= 11 is 0. The van der Waals surface area contributed by atoms with Gasteiger partial charge in [-0.25, -0.2) is 0 Å². The van der Waals surface area contributed by atoms with Gasteiger partial charge in [0, 0.05) is 6.42 Å². The van der Waals surface area contributed by atoms with Crippen molar-refractivity contribution in [3.8, 4) is 0 Å². The summed E-state index contributed by atoms with van der Waals surface area (Å²) in [6.07, 6.45) is -3.55. The Kier molecular flexibility index (Phi) is 11.7. The quantitative estimate of drug-likeness (QED) is 0.384. The van der Waals surface area contributed by atoms with Crippen molar-refractivity contribution in [3.05, 3.63) is 0 Å². The van der Waals surface area contributed by atoms with E-state index < -0.39 is 32.8 Å². The largest absolute Gasteiger partial charge is 1.00 e. The van der Waals surface area contributed by atoms with Gasteiger partial charge in [-0.15, -0.1) is 7.94 Å². The Labute approximate surface area is 138 Å². The standard InChI is InChI=1S/C6H13O7P.2Na/c7-2-5-4(8)1-6(13-5)12-3-14(9,10)11;;/h4-8H,1-3H2,(H2,9,10,11);;/q;2*+1/p-2/t4-,5+,6+;;/m0../s1. The summed E-state index contributed by atoms with van der Waals surface area (Å²) in [5.74, 6) is 0. The van der Waals surface area contributed by atoms with Crippen LogP contribution in [-0.2, 0) is 9.47 Å². The third-order valence-corrected chi connectivity index (χ3v) is 2.25. The van der Waals surface area contributed by atoms with Crippen LogP contribution in [0.5, 0.6) is 0 Å². The molecule has 10 heteroatoms. The smallest absolute Gasteiger partial charge is 0.686 e. The van der Waals surface area contributed by atoms with E-state index in [-0.39, 0.29) is 72.1 Å². The molecule has 1 heterocycles. The summed E-state index contributed by atoms with van der Waals surface area (Å²) in [5.41, 5.74) is 0. The van der Waals surface area contributed by atoms with Gasteiger partial charge in [0.25, 0.3) is 0 Å². The van der Waals surface area contributed by atoms with Gasteiger partial charge >= 0.3 is 59.1 Å². The van der Waals surface area contributed by atoms with Crippen LogP contribution in [0.4, 0.5) is 0 Å². The van der Waals surface area contributed by atoms with E-state index in [0.29, 0.717) is 0 Å². The van der Waals surface area contributed by atoms with Crippen LogP contribution >= 0.6 is 7.94 Å². The number of hydrogen-bond donors (Lipinski definition) is 2. The minimum absolute atomic E-state index is 0. The summed E-state index contributed by atoms with van der Waals surface area (Å²) in [5, 5.41) is 17.9. The van der Waals surface area contributed by atoms with Crippen LogP contribution in [0.2, 0.25) is 0 Å². The molecule has 0 unspecified atom stereocenters. The number of rotatable bonds is 4. The fraction of sp³-hybridized carbons (Fsp3) is 1.00. The molecule has 0 spiro atoms. The zero-order valence-electron chi connectivity index (χ0n) is 9.24. The molecule has 0 aromatic rings. The third kappa shape index (κ3) is 7.56. The molecular weight excluding hydrogens is 261 g/mol. The van der Waals surface area contributed by atoms with Gasteiger partial charge in [-0.05, 0) is 0 Å². The molecule has 84 valence electrons. The van der Waals surface area contributed by atoms with E-state index in [1.54, 1.807) is 0 Å². The zero-order chi connectivity index (χ0) is 10.8. The molecule has 3 atom stereocenters. The molecule has 1 aliphatic heterocycles. The molecule has 16 heavy (non-hydrogen) atoms. The molecule has 0 saturated carbocycles. The summed E-state index contributed by atoms with van der Waals surface area (Å²) in [6, 6.07) is 0. The fourth-order valence-electron chi connectivity index (χ4n) is 1.14. The normalized spacial score (nSPS) is 29.4. The minimum Gasteiger partial charge on any atom is -0.686 e. The number of ether oxygens (including phenoxy) is 2. The van der Waals surface area contributed by atoms with Gasteiger partial charge in [-0.1, -0.05) is 0 Å². The van der Waals surface area contributed by atoms with E-state index in [1.807, 2.05) is 0 Å². The van der Waals surface area contributed by atoms with Crippen molar-refractivity contribution in [2.24, 2.45) is 0 Å². The molecule has 2 N–H and O–H groups in total. The molecule has 1 saturated heterocycles. The molecule has 0 bridgehead atoms. The predicted molar refractivity (Wildman–Crippen MR) is 39.2 cm³/mol. The second-order valence-corrected chi connectivity index (χ2v) is 4.48. The number of aliphatic hydroxyl groups is 2. The van der Waals surface area contributed by atoms with E-state index in [0.717, 1.165) is 0 Å². The van der Waals surface area contributed by atoms with Crippen LogP contribution in [0.25, 0.3) is 0 Å². The summed E-state index contributed by atoms with van der Waals surface area (Å²) in [6.45, 7) is -0.382. The zero-order valence-corrected chi connectivity index (χ0v) is 14.1. The van der Waals surface area contributed by atoms with Crippen molar-refractivity contribution in [1.82, 2.24) is 0 Å². The van der Waals surface area contributed by atoms with Crippen molar-refractivity contribution in [2.45, 2.75) is 24.9 Å². The van der Waals surface area contributed by atoms with Gasteiger partial charge < -0.3 is 34.4 Å². The van der Waals surface area contributed by atoms with Crippen molar-refractivity contribution in [2.75, 3.05) is 13.0 Å². The molecule has 1 fully saturated rings. The SMILES string of the molecule is [Na+].[Na+].[O-][P+]([O-])([O-])CO[C@H]1C[C@H](O)[C@@H](CO)O1. The molecule has 0 aromatic heterocycles. The van der Waals surface area contributed by atoms with E-state index >= 15 is 0 Å². The maximum absolute atomic E-state index is 10.2. The van der Waals surface area contributed by atoms with Crippen molar-refractivity contribution >= 4 is 7.94 Å². The Bertz CT molecular complexity index is 190. The van der Waals surface area contributed by atoms with E-state index in [9.17, 15) is 19.8 Å². The molecule has 0 aromatic carbocycles. The van der Waals surface area contributed by atoms with E-state index in [4.69, 9.17) is 9.84 Å². The average Bonchev–Trinajstić information content (AvgIpc) is 2.42.